The molecule has 0 aliphatic heterocycles. The summed E-state index contributed by atoms with van der Waals surface area (Å²) in [6.45, 7) is 1.54. The maximum atomic E-state index is 14.9. The second-order valence-electron chi connectivity index (χ2n) is 7.63. The minimum absolute atomic E-state index is 0.0376. The van der Waals surface area contributed by atoms with Crippen molar-refractivity contribution in [1.29, 1.82) is 0 Å². The molecule has 1 unspecified atom stereocenters. The monoisotopic (exact) mass is 513 g/mol. The zero-order valence-corrected chi connectivity index (χ0v) is 19.8. The van der Waals surface area contributed by atoms with E-state index >= 15 is 0 Å². The Hall–Kier alpha value is -4.51. The van der Waals surface area contributed by atoms with Crippen LogP contribution in [0.4, 0.5) is 14.5 Å². The normalized spacial score (nSPS) is 12.1. The van der Waals surface area contributed by atoms with Gasteiger partial charge < -0.3 is 30.7 Å². The molecule has 1 atom stereocenters. The molecule has 0 aliphatic rings. The molecule has 0 radical (unpaired) electrons. The summed E-state index contributed by atoms with van der Waals surface area (Å²) < 4.78 is 38.7. The number of ether oxygens (including phenoxy) is 2. The zero-order valence-electron chi connectivity index (χ0n) is 19.8. The van der Waals surface area contributed by atoms with E-state index in [4.69, 9.17) is 20.3 Å². The number of hydrogen-bond acceptors (Lipinski definition) is 6. The topological polar surface area (TPSA) is 143 Å². The van der Waals surface area contributed by atoms with Gasteiger partial charge in [0.15, 0.2) is 17.5 Å². The number of aliphatic hydroxyl groups is 1. The molecule has 0 spiro atoms. The number of aliphatic hydroxyl groups excluding tert-OH is 1. The molecule has 3 aromatic rings. The van der Waals surface area contributed by atoms with Crippen LogP contribution in [0.2, 0.25) is 0 Å². The van der Waals surface area contributed by atoms with Crippen LogP contribution in [-0.2, 0) is 4.79 Å². The molecule has 9 nitrogen and oxygen atoms in total. The number of nitrogens with one attached hydrogen (secondary N) is 1. The van der Waals surface area contributed by atoms with Crippen LogP contribution in [0, 0.1) is 11.6 Å². The van der Waals surface area contributed by atoms with Gasteiger partial charge in [0.2, 0.25) is 0 Å². The predicted octanol–water partition coefficient (Wildman–Crippen LogP) is 3.52. The van der Waals surface area contributed by atoms with Gasteiger partial charge in [-0.2, -0.15) is 4.99 Å². The highest BCUT2D eigenvalue weighted by molar-refractivity contribution is 6.08. The van der Waals surface area contributed by atoms with Gasteiger partial charge in [0, 0.05) is 28.4 Å². The van der Waals surface area contributed by atoms with Gasteiger partial charge in [0.05, 0.1) is 13.2 Å². The van der Waals surface area contributed by atoms with Gasteiger partial charge in [0.1, 0.15) is 24.1 Å². The van der Waals surface area contributed by atoms with Gasteiger partial charge >= 0.3 is 5.97 Å². The van der Waals surface area contributed by atoms with Gasteiger partial charge in [-0.1, -0.05) is 0 Å². The molecule has 0 bridgehead atoms. The summed E-state index contributed by atoms with van der Waals surface area (Å²) in [6.07, 6.45) is 0. The minimum Gasteiger partial charge on any atom is -0.490 e. The molecule has 0 saturated heterocycles. The van der Waals surface area contributed by atoms with E-state index in [1.807, 2.05) is 0 Å². The van der Waals surface area contributed by atoms with Gasteiger partial charge in [0.25, 0.3) is 5.91 Å². The molecule has 0 fully saturated rings. The van der Waals surface area contributed by atoms with E-state index in [9.17, 15) is 23.5 Å². The quantitative estimate of drug-likeness (QED) is 0.225. The lowest BCUT2D eigenvalue weighted by Gasteiger charge is -2.20. The molecule has 3 rings (SSSR count). The van der Waals surface area contributed by atoms with E-state index in [0.717, 1.165) is 18.2 Å². The number of anilines is 1. The third-order valence-corrected chi connectivity index (χ3v) is 5.07. The van der Waals surface area contributed by atoms with Crippen molar-refractivity contribution in [1.82, 2.24) is 0 Å². The number of aliphatic imine (C=N–C) groups is 1. The van der Waals surface area contributed by atoms with Crippen LogP contribution in [0.25, 0.3) is 0 Å². The summed E-state index contributed by atoms with van der Waals surface area (Å²) in [7, 11) is 0. The number of benzene rings is 3. The van der Waals surface area contributed by atoms with Gasteiger partial charge in [-0.05, 0) is 61.5 Å². The highest BCUT2D eigenvalue weighted by atomic mass is 19.1. The average Bonchev–Trinajstić information content (AvgIpc) is 2.88. The minimum atomic E-state index is -1.48. The number of amides is 1. The van der Waals surface area contributed by atoms with Crippen LogP contribution in [0.5, 0.6) is 11.5 Å². The second kappa shape index (κ2) is 12.5. The third kappa shape index (κ3) is 7.01. The van der Waals surface area contributed by atoms with E-state index in [2.05, 4.69) is 10.3 Å². The van der Waals surface area contributed by atoms with E-state index in [1.165, 1.54) is 42.5 Å². The van der Waals surface area contributed by atoms with Gasteiger partial charge in [-0.3, -0.25) is 4.79 Å². The smallest absolute Gasteiger partial charge is 0.330 e. The van der Waals surface area contributed by atoms with E-state index in [0.29, 0.717) is 11.3 Å². The Bertz CT molecular complexity index is 1280. The standard InChI is InChI=1S/C26H25F2N3O6/c1-2-36-21-13-19(20(28)14-22(21)37-12-11-32)23(26(34)35)30-18-9-5-15(6-10-18)24(29)31-25(33)16-3-7-17(27)8-4-16/h3-10,13-14,23,30,32H,2,11-12H2,1H3,(H,34,35)(H2,29,31,33). The molecule has 1 amide bonds. The molecule has 0 aromatic heterocycles. The molecule has 11 heteroatoms. The van der Waals surface area contributed by atoms with Crippen molar-refractivity contribution >= 4 is 23.4 Å². The lowest BCUT2D eigenvalue weighted by Crippen LogP contribution is -2.22. The number of nitrogens with two attached hydrogens (primary N) is 1. The van der Waals surface area contributed by atoms with Crippen LogP contribution < -0.4 is 20.5 Å². The highest BCUT2D eigenvalue weighted by Crippen LogP contribution is 2.34. The zero-order chi connectivity index (χ0) is 26.9. The van der Waals surface area contributed by atoms with Crippen LogP contribution >= 0.6 is 0 Å². The molecule has 5 N–H and O–H groups in total. The largest absolute Gasteiger partial charge is 0.490 e. The van der Waals surface area contributed by atoms with Crippen molar-refractivity contribution in [2.24, 2.45) is 10.7 Å². The van der Waals surface area contributed by atoms with Crippen LogP contribution in [0.3, 0.4) is 0 Å². The Morgan fingerprint density at radius 2 is 1.62 bits per heavy atom. The number of hydrogen-bond donors (Lipinski definition) is 4. The number of carboxylic acid groups (broad SMARTS) is 1. The van der Waals surface area contributed by atoms with Crippen molar-refractivity contribution in [2.75, 3.05) is 25.1 Å². The summed E-state index contributed by atoms with van der Waals surface area (Å²) in [5, 5.41) is 21.5. The molecule has 0 heterocycles. The maximum absolute atomic E-state index is 14.9. The SMILES string of the molecule is CCOc1cc(C(Nc2ccc(C(N)=NC(=O)c3ccc(F)cc3)cc2)C(=O)O)c(F)cc1OCCO. The molecule has 0 saturated carbocycles. The van der Waals surface area contributed by atoms with Crippen LogP contribution in [0.1, 0.15) is 34.5 Å². The Morgan fingerprint density at radius 1 is 1.00 bits per heavy atom. The molecular weight excluding hydrogens is 488 g/mol. The second-order valence-corrected chi connectivity index (χ2v) is 7.63. The number of halogens is 2. The Labute approximate surface area is 211 Å². The lowest BCUT2D eigenvalue weighted by atomic mass is 10.0. The fourth-order valence-corrected chi connectivity index (χ4v) is 3.32. The van der Waals surface area contributed by atoms with E-state index < -0.39 is 29.6 Å². The van der Waals surface area contributed by atoms with Crippen LogP contribution in [-0.4, -0.2) is 47.7 Å². The average molecular weight is 513 g/mol. The number of rotatable bonds is 11. The first-order valence-electron chi connectivity index (χ1n) is 11.2. The highest BCUT2D eigenvalue weighted by Gasteiger charge is 2.26. The first kappa shape index (κ1) is 27.1. The van der Waals surface area contributed by atoms with Gasteiger partial charge in [-0.25, -0.2) is 13.6 Å². The van der Waals surface area contributed by atoms with Crippen molar-refractivity contribution in [3.8, 4) is 11.5 Å². The van der Waals surface area contributed by atoms with Crippen LogP contribution in [0.15, 0.2) is 65.7 Å². The predicted molar refractivity (Wildman–Crippen MR) is 132 cm³/mol. The first-order valence-corrected chi connectivity index (χ1v) is 11.2. The molecule has 37 heavy (non-hydrogen) atoms. The number of amidine groups is 1. The number of carboxylic acids is 1. The van der Waals surface area contributed by atoms with Crippen molar-refractivity contribution in [3.63, 3.8) is 0 Å². The molecule has 3 aromatic carbocycles. The van der Waals surface area contributed by atoms with E-state index in [1.54, 1.807) is 6.92 Å². The Balaban J connectivity index is 1.81. The number of carbonyl (C=O) groups is 2. The molecule has 194 valence electrons. The Kier molecular flexibility index (Phi) is 9.11. The summed E-state index contributed by atoms with van der Waals surface area (Å²) in [4.78, 5) is 28.0. The van der Waals surface area contributed by atoms with Gasteiger partial charge in [-0.15, -0.1) is 0 Å². The number of carbonyl (C=O) groups excluding carboxylic acids is 1. The first-order chi connectivity index (χ1) is 17.7. The Morgan fingerprint density at radius 3 is 2.22 bits per heavy atom. The number of nitrogens with zero attached hydrogens (tertiary/aromatic N) is 1. The van der Waals surface area contributed by atoms with Crippen molar-refractivity contribution in [3.05, 3.63) is 89.0 Å². The molecular formula is C26H25F2N3O6. The summed E-state index contributed by atoms with van der Waals surface area (Å²) in [5.74, 6) is -3.26. The lowest BCUT2D eigenvalue weighted by molar-refractivity contribution is -0.138. The third-order valence-electron chi connectivity index (χ3n) is 5.07. The fourth-order valence-electron chi connectivity index (χ4n) is 3.32. The summed E-state index contributed by atoms with van der Waals surface area (Å²) in [5.41, 5.74) is 6.59. The molecule has 0 aliphatic carbocycles. The summed E-state index contributed by atoms with van der Waals surface area (Å²) >= 11 is 0. The summed E-state index contributed by atoms with van der Waals surface area (Å²) in [6, 6.07) is 11.6. The maximum Gasteiger partial charge on any atom is 0.330 e. The van der Waals surface area contributed by atoms with Crippen molar-refractivity contribution in [2.45, 2.75) is 13.0 Å². The fraction of sp³-hybridized carbons (Fsp3) is 0.192. The van der Waals surface area contributed by atoms with E-state index in [-0.39, 0.29) is 48.3 Å². The van der Waals surface area contributed by atoms with Crippen molar-refractivity contribution < 1.29 is 38.1 Å². The number of aliphatic carboxylic acids is 1.